The maximum atomic E-state index is 12.7. The number of hydrogen-bond acceptors (Lipinski definition) is 2. The minimum absolute atomic E-state index is 0.0813. The zero-order valence-corrected chi connectivity index (χ0v) is 16.6. The SMILES string of the molecule is Cc1cc(Br)ccc1NC(=O)C(NC(=O)c1ccccc1Cl)C(C)C. The van der Waals surface area contributed by atoms with Gasteiger partial charge in [-0.05, 0) is 48.7 Å². The molecule has 0 saturated heterocycles. The van der Waals surface area contributed by atoms with Crippen molar-refractivity contribution in [3.63, 3.8) is 0 Å². The monoisotopic (exact) mass is 422 g/mol. The van der Waals surface area contributed by atoms with E-state index in [1.165, 1.54) is 0 Å². The van der Waals surface area contributed by atoms with Crippen LogP contribution < -0.4 is 10.6 Å². The highest BCUT2D eigenvalue weighted by molar-refractivity contribution is 9.10. The van der Waals surface area contributed by atoms with E-state index in [4.69, 9.17) is 11.6 Å². The van der Waals surface area contributed by atoms with Crippen LogP contribution in [0, 0.1) is 12.8 Å². The smallest absolute Gasteiger partial charge is 0.253 e. The molecule has 0 aliphatic carbocycles. The van der Waals surface area contributed by atoms with Crippen molar-refractivity contribution in [2.24, 2.45) is 5.92 Å². The molecular formula is C19H20BrClN2O2. The first-order valence-electron chi connectivity index (χ1n) is 7.92. The van der Waals surface area contributed by atoms with E-state index < -0.39 is 6.04 Å². The molecule has 1 unspecified atom stereocenters. The van der Waals surface area contributed by atoms with E-state index in [9.17, 15) is 9.59 Å². The van der Waals surface area contributed by atoms with Crippen LogP contribution in [0.4, 0.5) is 5.69 Å². The van der Waals surface area contributed by atoms with Crippen molar-refractivity contribution in [1.29, 1.82) is 0 Å². The van der Waals surface area contributed by atoms with E-state index in [-0.39, 0.29) is 17.7 Å². The summed E-state index contributed by atoms with van der Waals surface area (Å²) in [6.45, 7) is 5.67. The lowest BCUT2D eigenvalue weighted by Crippen LogP contribution is -2.47. The molecule has 0 aromatic heterocycles. The van der Waals surface area contributed by atoms with Crippen LogP contribution in [-0.4, -0.2) is 17.9 Å². The van der Waals surface area contributed by atoms with Gasteiger partial charge in [-0.1, -0.05) is 53.5 Å². The van der Waals surface area contributed by atoms with E-state index in [2.05, 4.69) is 26.6 Å². The van der Waals surface area contributed by atoms with Crippen molar-refractivity contribution >= 4 is 45.0 Å². The zero-order chi connectivity index (χ0) is 18.6. The van der Waals surface area contributed by atoms with Crippen LogP contribution in [0.1, 0.15) is 29.8 Å². The fourth-order valence-corrected chi connectivity index (χ4v) is 3.07. The fourth-order valence-electron chi connectivity index (χ4n) is 2.38. The Balaban J connectivity index is 2.16. The average Bonchev–Trinajstić information content (AvgIpc) is 2.55. The Kier molecular flexibility index (Phi) is 6.62. The quantitative estimate of drug-likeness (QED) is 0.725. The summed E-state index contributed by atoms with van der Waals surface area (Å²) in [7, 11) is 0. The summed E-state index contributed by atoms with van der Waals surface area (Å²) in [4.78, 5) is 25.1. The molecule has 2 aromatic rings. The Hall–Kier alpha value is -1.85. The van der Waals surface area contributed by atoms with Crippen LogP contribution in [0.25, 0.3) is 0 Å². The number of carbonyl (C=O) groups excluding carboxylic acids is 2. The standard InChI is InChI=1S/C19H20BrClN2O2/c1-11(2)17(23-18(24)14-6-4-5-7-15(14)21)19(25)22-16-9-8-13(20)10-12(16)3/h4-11,17H,1-3H3,(H,22,25)(H,23,24). The number of carbonyl (C=O) groups is 2. The highest BCUT2D eigenvalue weighted by Gasteiger charge is 2.25. The van der Waals surface area contributed by atoms with Crippen LogP contribution in [0.2, 0.25) is 5.02 Å². The predicted octanol–water partition coefficient (Wildman–Crippen LogP) is 4.80. The Bertz CT molecular complexity index is 793. The Labute approximate surface area is 161 Å². The zero-order valence-electron chi connectivity index (χ0n) is 14.3. The summed E-state index contributed by atoms with van der Waals surface area (Å²) >= 11 is 9.46. The maximum absolute atomic E-state index is 12.7. The van der Waals surface area contributed by atoms with Crippen molar-refractivity contribution in [2.45, 2.75) is 26.8 Å². The summed E-state index contributed by atoms with van der Waals surface area (Å²) in [5.41, 5.74) is 2.00. The van der Waals surface area contributed by atoms with Gasteiger partial charge in [0.15, 0.2) is 0 Å². The molecule has 0 bridgehead atoms. The van der Waals surface area contributed by atoms with Crippen molar-refractivity contribution in [3.05, 3.63) is 63.1 Å². The lowest BCUT2D eigenvalue weighted by Gasteiger charge is -2.22. The predicted molar refractivity (Wildman–Crippen MR) is 105 cm³/mol. The van der Waals surface area contributed by atoms with Gasteiger partial charge in [-0.25, -0.2) is 0 Å². The van der Waals surface area contributed by atoms with Gasteiger partial charge in [0.05, 0.1) is 10.6 Å². The van der Waals surface area contributed by atoms with Gasteiger partial charge in [-0.3, -0.25) is 9.59 Å². The van der Waals surface area contributed by atoms with Gasteiger partial charge in [0.2, 0.25) is 5.91 Å². The van der Waals surface area contributed by atoms with Crippen molar-refractivity contribution < 1.29 is 9.59 Å². The molecule has 0 fully saturated rings. The van der Waals surface area contributed by atoms with Crippen LogP contribution >= 0.6 is 27.5 Å². The van der Waals surface area contributed by atoms with Gasteiger partial charge in [0, 0.05) is 10.2 Å². The number of amides is 2. The van der Waals surface area contributed by atoms with Gasteiger partial charge in [-0.15, -0.1) is 0 Å². The number of nitrogens with one attached hydrogen (secondary N) is 2. The second kappa shape index (κ2) is 8.50. The summed E-state index contributed by atoms with van der Waals surface area (Å²) in [6, 6.07) is 11.7. The minimum atomic E-state index is -0.674. The van der Waals surface area contributed by atoms with E-state index in [1.807, 2.05) is 39.0 Å². The van der Waals surface area contributed by atoms with Crippen molar-refractivity contribution in [2.75, 3.05) is 5.32 Å². The lowest BCUT2D eigenvalue weighted by atomic mass is 10.0. The molecule has 25 heavy (non-hydrogen) atoms. The first-order chi connectivity index (χ1) is 11.8. The van der Waals surface area contributed by atoms with E-state index in [1.54, 1.807) is 24.3 Å². The van der Waals surface area contributed by atoms with Gasteiger partial charge in [-0.2, -0.15) is 0 Å². The number of benzene rings is 2. The van der Waals surface area contributed by atoms with Gasteiger partial charge in [0.25, 0.3) is 5.91 Å². The molecule has 1 atom stereocenters. The van der Waals surface area contributed by atoms with Gasteiger partial charge >= 0.3 is 0 Å². The molecular weight excluding hydrogens is 404 g/mol. The van der Waals surface area contributed by atoms with E-state index in [0.29, 0.717) is 16.3 Å². The normalized spacial score (nSPS) is 11.9. The number of anilines is 1. The van der Waals surface area contributed by atoms with Crippen LogP contribution in [0.15, 0.2) is 46.9 Å². The molecule has 2 amide bonds. The molecule has 0 spiro atoms. The number of aryl methyl sites for hydroxylation is 1. The topological polar surface area (TPSA) is 58.2 Å². The molecule has 0 heterocycles. The van der Waals surface area contributed by atoms with Crippen LogP contribution in [-0.2, 0) is 4.79 Å². The van der Waals surface area contributed by atoms with Gasteiger partial charge < -0.3 is 10.6 Å². The lowest BCUT2D eigenvalue weighted by molar-refractivity contribution is -0.118. The summed E-state index contributed by atoms with van der Waals surface area (Å²) in [5, 5.41) is 6.02. The molecule has 6 heteroatoms. The van der Waals surface area contributed by atoms with Crippen molar-refractivity contribution in [1.82, 2.24) is 5.32 Å². The Morgan fingerprint density at radius 1 is 1.12 bits per heavy atom. The molecule has 2 rings (SSSR count). The van der Waals surface area contributed by atoms with Crippen LogP contribution in [0.5, 0.6) is 0 Å². The highest BCUT2D eigenvalue weighted by Crippen LogP contribution is 2.21. The largest absolute Gasteiger partial charge is 0.340 e. The van der Waals surface area contributed by atoms with E-state index in [0.717, 1.165) is 10.0 Å². The molecule has 2 aromatic carbocycles. The Morgan fingerprint density at radius 3 is 2.40 bits per heavy atom. The highest BCUT2D eigenvalue weighted by atomic mass is 79.9. The molecule has 0 aliphatic rings. The van der Waals surface area contributed by atoms with E-state index >= 15 is 0 Å². The minimum Gasteiger partial charge on any atom is -0.340 e. The molecule has 0 saturated carbocycles. The maximum Gasteiger partial charge on any atom is 0.253 e. The second-order valence-electron chi connectivity index (χ2n) is 6.12. The summed E-state index contributed by atoms with van der Waals surface area (Å²) < 4.78 is 0.940. The van der Waals surface area contributed by atoms with Crippen molar-refractivity contribution in [3.8, 4) is 0 Å². The fraction of sp³-hybridized carbons (Fsp3) is 0.263. The average molecular weight is 424 g/mol. The summed E-state index contributed by atoms with van der Waals surface area (Å²) in [5.74, 6) is -0.713. The molecule has 4 nitrogen and oxygen atoms in total. The second-order valence-corrected chi connectivity index (χ2v) is 7.45. The molecule has 2 N–H and O–H groups in total. The third-order valence-corrected chi connectivity index (χ3v) is 4.62. The number of halogens is 2. The third-order valence-electron chi connectivity index (χ3n) is 3.80. The summed E-state index contributed by atoms with van der Waals surface area (Å²) in [6.07, 6.45) is 0. The third kappa shape index (κ3) is 5.06. The Morgan fingerprint density at radius 2 is 1.80 bits per heavy atom. The first kappa shape index (κ1) is 19.5. The molecule has 0 radical (unpaired) electrons. The number of hydrogen-bond donors (Lipinski definition) is 2. The number of rotatable bonds is 5. The molecule has 0 aliphatic heterocycles. The van der Waals surface area contributed by atoms with Crippen LogP contribution in [0.3, 0.4) is 0 Å². The van der Waals surface area contributed by atoms with Gasteiger partial charge in [0.1, 0.15) is 6.04 Å². The first-order valence-corrected chi connectivity index (χ1v) is 9.09. The molecule has 132 valence electrons.